The number of furan rings is 1. The Morgan fingerprint density at radius 1 is 1.22 bits per heavy atom. The molecule has 2 amide bonds. The number of hydrogen-bond acceptors (Lipinski definition) is 4. The fourth-order valence-electron chi connectivity index (χ4n) is 3.50. The van der Waals surface area contributed by atoms with Gasteiger partial charge in [-0.05, 0) is 43.7 Å². The first-order valence-corrected chi connectivity index (χ1v) is 9.15. The van der Waals surface area contributed by atoms with Gasteiger partial charge in [0.1, 0.15) is 5.75 Å². The van der Waals surface area contributed by atoms with E-state index in [1.165, 1.54) is 6.26 Å². The van der Waals surface area contributed by atoms with Crippen molar-refractivity contribution in [2.45, 2.75) is 25.8 Å². The highest BCUT2D eigenvalue weighted by molar-refractivity contribution is 5.92. The van der Waals surface area contributed by atoms with Gasteiger partial charge in [-0.3, -0.25) is 9.59 Å². The Kier molecular flexibility index (Phi) is 5.54. The van der Waals surface area contributed by atoms with E-state index in [0.717, 1.165) is 11.3 Å². The quantitative estimate of drug-likeness (QED) is 0.812. The van der Waals surface area contributed by atoms with Crippen molar-refractivity contribution in [1.82, 2.24) is 9.80 Å². The van der Waals surface area contributed by atoms with E-state index in [9.17, 15) is 9.59 Å². The van der Waals surface area contributed by atoms with E-state index in [0.29, 0.717) is 18.8 Å². The lowest BCUT2D eigenvalue weighted by Crippen LogP contribution is -2.40. The maximum atomic E-state index is 13.1. The fourth-order valence-corrected chi connectivity index (χ4v) is 3.50. The molecule has 6 nitrogen and oxygen atoms in total. The Morgan fingerprint density at radius 2 is 2.00 bits per heavy atom. The van der Waals surface area contributed by atoms with Crippen molar-refractivity contribution in [2.24, 2.45) is 5.92 Å². The number of hydrogen-bond donors (Lipinski definition) is 0. The van der Waals surface area contributed by atoms with Crippen molar-refractivity contribution in [2.75, 3.05) is 27.2 Å². The molecular formula is C21H26N2O4. The minimum atomic E-state index is -0.302. The molecule has 0 N–H and O–H groups in total. The molecule has 0 saturated carbocycles. The first-order chi connectivity index (χ1) is 12.9. The number of rotatable bonds is 5. The maximum absolute atomic E-state index is 13.1. The lowest BCUT2D eigenvalue weighted by Gasteiger charge is -2.27. The van der Waals surface area contributed by atoms with Gasteiger partial charge >= 0.3 is 0 Å². The third-order valence-corrected chi connectivity index (χ3v) is 5.30. The molecule has 1 fully saturated rings. The lowest BCUT2D eigenvalue weighted by molar-refractivity contribution is -0.135. The van der Waals surface area contributed by atoms with Crippen LogP contribution in [0.1, 0.15) is 35.9 Å². The second kappa shape index (κ2) is 7.86. The first-order valence-electron chi connectivity index (χ1n) is 9.15. The second-order valence-corrected chi connectivity index (χ2v) is 7.22. The average Bonchev–Trinajstić information content (AvgIpc) is 3.36. The normalized spacial score (nSPS) is 19.4. The predicted octanol–water partition coefficient (Wildman–Crippen LogP) is 3.01. The van der Waals surface area contributed by atoms with Gasteiger partial charge in [0.25, 0.3) is 5.91 Å². The molecule has 1 saturated heterocycles. The number of ether oxygens (including phenoxy) is 1. The Balaban J connectivity index is 1.91. The summed E-state index contributed by atoms with van der Waals surface area (Å²) < 4.78 is 10.6. The van der Waals surface area contributed by atoms with Crippen molar-refractivity contribution in [3.8, 4) is 5.75 Å². The number of amides is 2. The lowest BCUT2D eigenvalue weighted by atomic mass is 9.87. The standard InChI is InChI=1S/C21H26N2O4/c1-14(2)22(3)20(24)18-13-23(21(25)19-9-6-10-27-19)12-17(18)15-7-5-8-16(11-15)26-4/h5-11,14,17-18H,12-13H2,1-4H3/t17-,18-/m0/s1. The number of likely N-dealkylation sites (tertiary alicyclic amines) is 1. The van der Waals surface area contributed by atoms with Gasteiger partial charge < -0.3 is 19.0 Å². The van der Waals surface area contributed by atoms with Crippen LogP contribution in [0.5, 0.6) is 5.75 Å². The Morgan fingerprint density at radius 3 is 2.63 bits per heavy atom. The third-order valence-electron chi connectivity index (χ3n) is 5.30. The average molecular weight is 370 g/mol. The van der Waals surface area contributed by atoms with E-state index in [4.69, 9.17) is 9.15 Å². The number of carbonyl (C=O) groups is 2. The molecule has 1 aliphatic heterocycles. The molecule has 0 spiro atoms. The molecule has 0 radical (unpaired) electrons. The highest BCUT2D eigenvalue weighted by Gasteiger charge is 2.42. The summed E-state index contributed by atoms with van der Waals surface area (Å²) in [4.78, 5) is 29.3. The van der Waals surface area contributed by atoms with Crippen LogP contribution in [0.4, 0.5) is 0 Å². The van der Waals surface area contributed by atoms with E-state index in [1.54, 1.807) is 29.0 Å². The maximum Gasteiger partial charge on any atom is 0.289 e. The zero-order chi connectivity index (χ0) is 19.6. The highest BCUT2D eigenvalue weighted by atomic mass is 16.5. The zero-order valence-corrected chi connectivity index (χ0v) is 16.2. The smallest absolute Gasteiger partial charge is 0.289 e. The third kappa shape index (κ3) is 3.84. The summed E-state index contributed by atoms with van der Waals surface area (Å²) in [5.41, 5.74) is 1.000. The molecule has 1 aromatic heterocycles. The number of benzene rings is 1. The van der Waals surface area contributed by atoms with E-state index in [2.05, 4.69) is 0 Å². The van der Waals surface area contributed by atoms with Gasteiger partial charge in [0.2, 0.25) is 5.91 Å². The van der Waals surface area contributed by atoms with E-state index < -0.39 is 0 Å². The van der Waals surface area contributed by atoms with Crippen molar-refractivity contribution in [3.05, 3.63) is 54.0 Å². The van der Waals surface area contributed by atoms with E-state index in [-0.39, 0.29) is 29.7 Å². The molecular weight excluding hydrogens is 344 g/mol. The van der Waals surface area contributed by atoms with Crippen molar-refractivity contribution >= 4 is 11.8 Å². The second-order valence-electron chi connectivity index (χ2n) is 7.22. The molecule has 0 unspecified atom stereocenters. The molecule has 1 aromatic carbocycles. The molecule has 3 rings (SSSR count). The van der Waals surface area contributed by atoms with Crippen LogP contribution in [0, 0.1) is 5.92 Å². The van der Waals surface area contributed by atoms with Gasteiger partial charge in [-0.2, -0.15) is 0 Å². The van der Waals surface area contributed by atoms with Gasteiger partial charge in [-0.15, -0.1) is 0 Å². The summed E-state index contributed by atoms with van der Waals surface area (Å²) in [6.07, 6.45) is 1.48. The predicted molar refractivity (Wildman–Crippen MR) is 102 cm³/mol. The number of carbonyl (C=O) groups excluding carboxylic acids is 2. The SMILES string of the molecule is COc1cccc([C@@H]2CN(C(=O)c3ccco3)C[C@@H]2C(=O)N(C)C(C)C)c1. The van der Waals surface area contributed by atoms with E-state index >= 15 is 0 Å². The van der Waals surface area contributed by atoms with Crippen LogP contribution < -0.4 is 4.74 Å². The van der Waals surface area contributed by atoms with Gasteiger partial charge in [-0.1, -0.05) is 12.1 Å². The minimum absolute atomic E-state index is 0.0487. The molecule has 6 heteroatoms. The monoisotopic (exact) mass is 370 g/mol. The summed E-state index contributed by atoms with van der Waals surface area (Å²) in [5, 5.41) is 0. The van der Waals surface area contributed by atoms with Crippen LogP contribution in [-0.4, -0.2) is 54.9 Å². The van der Waals surface area contributed by atoms with Crippen LogP contribution >= 0.6 is 0 Å². The van der Waals surface area contributed by atoms with Gasteiger partial charge in [0.05, 0.1) is 19.3 Å². The summed E-state index contributed by atoms with van der Waals surface area (Å²) in [7, 11) is 3.43. The van der Waals surface area contributed by atoms with Crippen LogP contribution in [0.15, 0.2) is 47.1 Å². The first kappa shape index (κ1) is 19.0. The minimum Gasteiger partial charge on any atom is -0.497 e. The van der Waals surface area contributed by atoms with Crippen LogP contribution in [0.25, 0.3) is 0 Å². The molecule has 144 valence electrons. The van der Waals surface area contributed by atoms with Gasteiger partial charge in [0.15, 0.2) is 5.76 Å². The summed E-state index contributed by atoms with van der Waals surface area (Å²) in [6.45, 7) is 4.81. The fraction of sp³-hybridized carbons (Fsp3) is 0.429. The summed E-state index contributed by atoms with van der Waals surface area (Å²) >= 11 is 0. The topological polar surface area (TPSA) is 63.0 Å². The van der Waals surface area contributed by atoms with Gasteiger partial charge in [-0.25, -0.2) is 0 Å². The largest absolute Gasteiger partial charge is 0.497 e. The molecule has 27 heavy (non-hydrogen) atoms. The van der Waals surface area contributed by atoms with E-state index in [1.807, 2.05) is 45.2 Å². The molecule has 0 aliphatic carbocycles. The Hall–Kier alpha value is -2.76. The molecule has 2 aromatic rings. The number of nitrogens with zero attached hydrogens (tertiary/aromatic N) is 2. The Labute approximate surface area is 159 Å². The van der Waals surface area contributed by atoms with Crippen LogP contribution in [0.3, 0.4) is 0 Å². The van der Waals surface area contributed by atoms with Gasteiger partial charge in [0, 0.05) is 32.1 Å². The van der Waals surface area contributed by atoms with Crippen molar-refractivity contribution in [1.29, 1.82) is 0 Å². The summed E-state index contributed by atoms with van der Waals surface area (Å²) in [5.74, 6) is 0.510. The van der Waals surface area contributed by atoms with Crippen LogP contribution in [-0.2, 0) is 4.79 Å². The molecule has 2 atom stereocenters. The molecule has 0 bridgehead atoms. The zero-order valence-electron chi connectivity index (χ0n) is 16.2. The Bertz CT molecular complexity index is 800. The van der Waals surface area contributed by atoms with Crippen molar-refractivity contribution < 1.29 is 18.7 Å². The molecule has 1 aliphatic rings. The van der Waals surface area contributed by atoms with Crippen LogP contribution in [0.2, 0.25) is 0 Å². The molecule has 2 heterocycles. The summed E-state index contributed by atoms with van der Waals surface area (Å²) in [6, 6.07) is 11.2. The highest BCUT2D eigenvalue weighted by Crippen LogP contribution is 2.36. The number of methoxy groups -OCH3 is 1. The van der Waals surface area contributed by atoms with Crippen molar-refractivity contribution in [3.63, 3.8) is 0 Å².